The number of nitrogens with two attached hydrogens (primary N) is 1. The van der Waals surface area contributed by atoms with E-state index in [9.17, 15) is 18.3 Å². The van der Waals surface area contributed by atoms with Crippen molar-refractivity contribution < 1.29 is 23.0 Å². The molecule has 3 N–H and O–H groups in total. The van der Waals surface area contributed by atoms with E-state index >= 15 is 0 Å². The van der Waals surface area contributed by atoms with Crippen LogP contribution >= 0.6 is 11.6 Å². The van der Waals surface area contributed by atoms with Gasteiger partial charge in [0.15, 0.2) is 0 Å². The third kappa shape index (κ3) is 3.24. The van der Waals surface area contributed by atoms with Crippen LogP contribution < -0.4 is 10.5 Å². The van der Waals surface area contributed by atoms with Crippen molar-refractivity contribution in [3.8, 4) is 22.6 Å². The standard InChI is InChI=1S/C12H8ClF3N2O2/c13-9-3-6(5-18-11(9)17)8-4-7(1-2-10(8)19)20-12(14,15)16/h1-5,19H,(H2,17,18). The molecule has 0 saturated heterocycles. The first-order valence-electron chi connectivity index (χ1n) is 5.26. The molecule has 0 aliphatic carbocycles. The van der Waals surface area contributed by atoms with Crippen LogP contribution in [0.5, 0.6) is 11.5 Å². The number of aromatic nitrogens is 1. The van der Waals surface area contributed by atoms with Gasteiger partial charge in [0, 0.05) is 17.3 Å². The van der Waals surface area contributed by atoms with E-state index in [1.807, 2.05) is 0 Å². The van der Waals surface area contributed by atoms with Crippen LogP contribution in [-0.4, -0.2) is 16.5 Å². The molecule has 0 spiro atoms. The summed E-state index contributed by atoms with van der Waals surface area (Å²) in [7, 11) is 0. The summed E-state index contributed by atoms with van der Waals surface area (Å²) in [5.74, 6) is -0.613. The first-order chi connectivity index (χ1) is 9.26. The molecule has 0 unspecified atom stereocenters. The summed E-state index contributed by atoms with van der Waals surface area (Å²) in [6.07, 6.45) is -3.53. The Balaban J connectivity index is 2.45. The molecule has 8 heteroatoms. The normalized spacial score (nSPS) is 11.4. The molecule has 0 aliphatic rings. The lowest BCUT2D eigenvalue weighted by atomic mass is 10.1. The van der Waals surface area contributed by atoms with Gasteiger partial charge in [0.2, 0.25) is 0 Å². The van der Waals surface area contributed by atoms with Gasteiger partial charge in [-0.15, -0.1) is 13.2 Å². The second-order valence-electron chi connectivity index (χ2n) is 3.82. The highest BCUT2D eigenvalue weighted by molar-refractivity contribution is 6.33. The fraction of sp³-hybridized carbons (Fsp3) is 0.0833. The number of phenols is 1. The third-order valence-corrected chi connectivity index (χ3v) is 2.68. The highest BCUT2D eigenvalue weighted by Gasteiger charge is 2.31. The molecule has 2 rings (SSSR count). The molecule has 20 heavy (non-hydrogen) atoms. The number of halogens is 4. The van der Waals surface area contributed by atoms with Crippen molar-refractivity contribution >= 4 is 17.4 Å². The van der Waals surface area contributed by atoms with Gasteiger partial charge in [0.05, 0.1) is 5.02 Å². The molecular formula is C12H8ClF3N2O2. The Bertz CT molecular complexity index is 647. The minimum atomic E-state index is -4.81. The Hall–Kier alpha value is -2.15. The number of hydrogen-bond donors (Lipinski definition) is 2. The van der Waals surface area contributed by atoms with Crippen molar-refractivity contribution in [2.24, 2.45) is 0 Å². The first-order valence-corrected chi connectivity index (χ1v) is 5.64. The largest absolute Gasteiger partial charge is 0.573 e. The SMILES string of the molecule is Nc1ncc(-c2cc(OC(F)(F)F)ccc2O)cc1Cl. The van der Waals surface area contributed by atoms with Gasteiger partial charge < -0.3 is 15.6 Å². The molecule has 0 bridgehead atoms. The first kappa shape index (κ1) is 14.3. The number of phenolic OH excluding ortho intramolecular Hbond substituents is 1. The minimum Gasteiger partial charge on any atom is -0.507 e. The lowest BCUT2D eigenvalue weighted by molar-refractivity contribution is -0.274. The van der Waals surface area contributed by atoms with E-state index in [2.05, 4.69) is 9.72 Å². The molecule has 0 saturated carbocycles. The number of ether oxygens (including phenoxy) is 1. The number of benzene rings is 1. The number of alkyl halides is 3. The van der Waals surface area contributed by atoms with Gasteiger partial charge in [-0.25, -0.2) is 4.98 Å². The monoisotopic (exact) mass is 304 g/mol. The third-order valence-electron chi connectivity index (χ3n) is 2.38. The van der Waals surface area contributed by atoms with Crippen molar-refractivity contribution in [1.82, 2.24) is 4.98 Å². The Morgan fingerprint density at radius 3 is 2.55 bits per heavy atom. The molecule has 1 aromatic heterocycles. The van der Waals surface area contributed by atoms with Crippen LogP contribution in [-0.2, 0) is 0 Å². The number of nitrogens with zero attached hydrogens (tertiary/aromatic N) is 1. The van der Waals surface area contributed by atoms with Crippen LogP contribution in [0.2, 0.25) is 5.02 Å². The molecule has 0 atom stereocenters. The summed E-state index contributed by atoms with van der Waals surface area (Å²) in [5.41, 5.74) is 5.85. The highest BCUT2D eigenvalue weighted by atomic mass is 35.5. The zero-order valence-corrected chi connectivity index (χ0v) is 10.5. The quantitative estimate of drug-likeness (QED) is 0.889. The molecule has 2 aromatic rings. The number of hydrogen-bond acceptors (Lipinski definition) is 4. The molecule has 4 nitrogen and oxygen atoms in total. The van der Waals surface area contributed by atoms with Gasteiger partial charge in [-0.2, -0.15) is 0 Å². The molecule has 0 fully saturated rings. The Morgan fingerprint density at radius 1 is 1.25 bits per heavy atom. The van der Waals surface area contributed by atoms with Gasteiger partial charge in [0.25, 0.3) is 0 Å². The number of aromatic hydroxyl groups is 1. The van der Waals surface area contributed by atoms with Gasteiger partial charge in [-0.3, -0.25) is 0 Å². The van der Waals surface area contributed by atoms with E-state index < -0.39 is 12.1 Å². The van der Waals surface area contributed by atoms with Gasteiger partial charge >= 0.3 is 6.36 Å². The van der Waals surface area contributed by atoms with E-state index in [1.54, 1.807) is 0 Å². The Labute approximate surface area is 116 Å². The molecular weight excluding hydrogens is 297 g/mol. The smallest absolute Gasteiger partial charge is 0.507 e. The van der Waals surface area contributed by atoms with Crippen LogP contribution in [0.3, 0.4) is 0 Å². The number of rotatable bonds is 2. The summed E-state index contributed by atoms with van der Waals surface area (Å²) in [6, 6.07) is 4.50. The topological polar surface area (TPSA) is 68.4 Å². The summed E-state index contributed by atoms with van der Waals surface area (Å²) in [6.45, 7) is 0. The van der Waals surface area contributed by atoms with Crippen molar-refractivity contribution in [2.45, 2.75) is 6.36 Å². The van der Waals surface area contributed by atoms with E-state index in [4.69, 9.17) is 17.3 Å². The molecule has 1 heterocycles. The van der Waals surface area contributed by atoms with E-state index in [0.29, 0.717) is 5.56 Å². The fourth-order valence-corrected chi connectivity index (χ4v) is 1.71. The minimum absolute atomic E-state index is 0.0811. The maximum atomic E-state index is 12.2. The van der Waals surface area contributed by atoms with Crippen LogP contribution in [0.15, 0.2) is 30.5 Å². The summed E-state index contributed by atoms with van der Waals surface area (Å²) < 4.78 is 40.3. The summed E-state index contributed by atoms with van der Waals surface area (Å²) in [5, 5.41) is 9.84. The molecule has 0 radical (unpaired) electrons. The van der Waals surface area contributed by atoms with Gasteiger partial charge in [0.1, 0.15) is 17.3 Å². The average molecular weight is 305 g/mol. The number of pyridine rings is 1. The predicted octanol–water partition coefficient (Wildman–Crippen LogP) is 3.59. The van der Waals surface area contributed by atoms with Crippen LogP contribution in [0.1, 0.15) is 0 Å². The van der Waals surface area contributed by atoms with Crippen molar-refractivity contribution in [3.63, 3.8) is 0 Å². The number of anilines is 1. The van der Waals surface area contributed by atoms with Crippen molar-refractivity contribution in [1.29, 1.82) is 0 Å². The second-order valence-corrected chi connectivity index (χ2v) is 4.23. The molecule has 0 amide bonds. The highest BCUT2D eigenvalue weighted by Crippen LogP contribution is 2.35. The summed E-state index contributed by atoms with van der Waals surface area (Å²) in [4.78, 5) is 3.77. The molecule has 106 valence electrons. The lowest BCUT2D eigenvalue weighted by Gasteiger charge is -2.11. The molecule has 0 aliphatic heterocycles. The maximum Gasteiger partial charge on any atom is 0.573 e. The average Bonchev–Trinajstić information content (AvgIpc) is 2.33. The van der Waals surface area contributed by atoms with Gasteiger partial charge in [-0.05, 0) is 24.3 Å². The van der Waals surface area contributed by atoms with Crippen LogP contribution in [0.25, 0.3) is 11.1 Å². The fourth-order valence-electron chi connectivity index (χ4n) is 1.54. The zero-order chi connectivity index (χ0) is 14.9. The maximum absolute atomic E-state index is 12.2. The zero-order valence-electron chi connectivity index (χ0n) is 9.78. The number of nitrogen functional groups attached to an aromatic ring is 1. The van der Waals surface area contributed by atoms with Crippen molar-refractivity contribution in [2.75, 3.05) is 5.73 Å². The molecule has 1 aromatic carbocycles. The van der Waals surface area contributed by atoms with Crippen LogP contribution in [0, 0.1) is 0 Å². The van der Waals surface area contributed by atoms with Crippen molar-refractivity contribution in [3.05, 3.63) is 35.5 Å². The van der Waals surface area contributed by atoms with E-state index in [1.165, 1.54) is 12.3 Å². The van der Waals surface area contributed by atoms with E-state index in [0.717, 1.165) is 18.2 Å². The van der Waals surface area contributed by atoms with E-state index in [-0.39, 0.29) is 22.2 Å². The lowest BCUT2D eigenvalue weighted by Crippen LogP contribution is -2.17. The van der Waals surface area contributed by atoms with Crippen LogP contribution in [0.4, 0.5) is 19.0 Å². The van der Waals surface area contributed by atoms with Gasteiger partial charge in [-0.1, -0.05) is 11.6 Å². The predicted molar refractivity (Wildman–Crippen MR) is 67.4 cm³/mol. The summed E-state index contributed by atoms with van der Waals surface area (Å²) >= 11 is 5.78. The Morgan fingerprint density at radius 2 is 1.95 bits per heavy atom. The Kier molecular flexibility index (Phi) is 3.63. The second kappa shape index (κ2) is 5.09.